The largest absolute Gasteiger partial charge is 0.493 e. The molecule has 1 aromatic carbocycles. The molecule has 0 amide bonds. The van der Waals surface area contributed by atoms with E-state index in [1.54, 1.807) is 4.31 Å². The molecule has 4 rings (SSSR count). The molecule has 1 aliphatic carbocycles. The SMILES string of the molecule is CC1CCN(S(=O)(=O)NC(c2ccc3c(c2)CCO3)C2CC(O)C2)CC1. The molecule has 0 radical (unpaired) electrons. The van der Waals surface area contributed by atoms with Crippen molar-refractivity contribution in [3.8, 4) is 5.75 Å². The minimum atomic E-state index is -3.54. The van der Waals surface area contributed by atoms with Crippen LogP contribution in [-0.2, 0) is 16.6 Å². The normalized spacial score (nSPS) is 28.2. The molecular formula is C19H28N2O4S. The van der Waals surface area contributed by atoms with Crippen LogP contribution in [0.1, 0.15) is 49.8 Å². The van der Waals surface area contributed by atoms with Crippen molar-refractivity contribution in [2.75, 3.05) is 19.7 Å². The van der Waals surface area contributed by atoms with Crippen molar-refractivity contribution in [2.24, 2.45) is 11.8 Å². The van der Waals surface area contributed by atoms with Crippen molar-refractivity contribution in [1.29, 1.82) is 0 Å². The number of hydrogen-bond donors (Lipinski definition) is 2. The van der Waals surface area contributed by atoms with Crippen molar-refractivity contribution in [2.45, 2.75) is 51.2 Å². The van der Waals surface area contributed by atoms with Gasteiger partial charge >= 0.3 is 0 Å². The van der Waals surface area contributed by atoms with E-state index in [0.29, 0.717) is 38.5 Å². The molecule has 2 N–H and O–H groups in total. The summed E-state index contributed by atoms with van der Waals surface area (Å²) in [6, 6.07) is 5.67. The molecule has 1 atom stereocenters. The maximum absolute atomic E-state index is 13.0. The second-order valence-corrected chi connectivity index (χ2v) is 9.74. The summed E-state index contributed by atoms with van der Waals surface area (Å²) in [5.41, 5.74) is 2.11. The van der Waals surface area contributed by atoms with E-state index in [4.69, 9.17) is 4.74 Å². The maximum atomic E-state index is 13.0. The van der Waals surface area contributed by atoms with Crippen LogP contribution in [-0.4, -0.2) is 43.6 Å². The van der Waals surface area contributed by atoms with Crippen LogP contribution in [0.5, 0.6) is 5.75 Å². The van der Waals surface area contributed by atoms with Gasteiger partial charge in [-0.2, -0.15) is 17.4 Å². The fraction of sp³-hybridized carbons (Fsp3) is 0.684. The Labute approximate surface area is 155 Å². The van der Waals surface area contributed by atoms with Gasteiger partial charge in [0.2, 0.25) is 0 Å². The lowest BCUT2D eigenvalue weighted by Gasteiger charge is -2.39. The number of benzene rings is 1. The number of ether oxygens (including phenoxy) is 1. The van der Waals surface area contributed by atoms with E-state index in [1.807, 2.05) is 12.1 Å². The predicted molar refractivity (Wildman–Crippen MR) is 99.1 cm³/mol. The summed E-state index contributed by atoms with van der Waals surface area (Å²) >= 11 is 0. The van der Waals surface area contributed by atoms with Crippen LogP contribution in [0.4, 0.5) is 0 Å². The third kappa shape index (κ3) is 3.63. The van der Waals surface area contributed by atoms with E-state index in [1.165, 1.54) is 0 Å². The number of nitrogens with zero attached hydrogens (tertiary/aromatic N) is 1. The highest BCUT2D eigenvalue weighted by Gasteiger charge is 2.39. The highest BCUT2D eigenvalue weighted by Crippen LogP contribution is 2.40. The van der Waals surface area contributed by atoms with Crippen LogP contribution in [0.2, 0.25) is 0 Å². The van der Waals surface area contributed by atoms with Gasteiger partial charge in [0.15, 0.2) is 0 Å². The molecule has 2 aliphatic heterocycles. The lowest BCUT2D eigenvalue weighted by molar-refractivity contribution is 0.0276. The number of rotatable bonds is 5. The van der Waals surface area contributed by atoms with Crippen molar-refractivity contribution in [3.63, 3.8) is 0 Å². The average molecular weight is 381 g/mol. The molecule has 144 valence electrons. The van der Waals surface area contributed by atoms with Crippen molar-refractivity contribution < 1.29 is 18.3 Å². The van der Waals surface area contributed by atoms with Crippen molar-refractivity contribution in [1.82, 2.24) is 9.03 Å². The Hall–Kier alpha value is -1.15. The second kappa shape index (κ2) is 7.11. The van der Waals surface area contributed by atoms with Gasteiger partial charge in [0.25, 0.3) is 10.2 Å². The zero-order valence-electron chi connectivity index (χ0n) is 15.2. The predicted octanol–water partition coefficient (Wildman–Crippen LogP) is 2.00. The third-order valence-electron chi connectivity index (χ3n) is 6.05. The molecule has 0 bridgehead atoms. The van der Waals surface area contributed by atoms with E-state index in [2.05, 4.69) is 17.7 Å². The van der Waals surface area contributed by atoms with Crippen LogP contribution in [0, 0.1) is 11.8 Å². The van der Waals surface area contributed by atoms with Crippen LogP contribution in [0.25, 0.3) is 0 Å². The topological polar surface area (TPSA) is 78.9 Å². The van der Waals surface area contributed by atoms with Crippen molar-refractivity contribution >= 4 is 10.2 Å². The number of piperidine rings is 1. The van der Waals surface area contributed by atoms with E-state index >= 15 is 0 Å². The molecular weight excluding hydrogens is 352 g/mol. The summed E-state index contributed by atoms with van der Waals surface area (Å²) in [6.45, 7) is 4.01. The lowest BCUT2D eigenvalue weighted by atomic mass is 9.75. The summed E-state index contributed by atoms with van der Waals surface area (Å²) < 4.78 is 36.0. The minimum Gasteiger partial charge on any atom is -0.493 e. The van der Waals surface area contributed by atoms with Crippen LogP contribution < -0.4 is 9.46 Å². The molecule has 3 aliphatic rings. The first kappa shape index (κ1) is 18.2. The first-order chi connectivity index (χ1) is 12.4. The Balaban J connectivity index is 1.56. The first-order valence-corrected chi connectivity index (χ1v) is 11.1. The van der Waals surface area contributed by atoms with Gasteiger partial charge in [0, 0.05) is 19.5 Å². The number of fused-ring (bicyclic) bond motifs is 1. The molecule has 1 unspecified atom stereocenters. The van der Waals surface area contributed by atoms with Crippen molar-refractivity contribution in [3.05, 3.63) is 29.3 Å². The molecule has 0 aromatic heterocycles. The maximum Gasteiger partial charge on any atom is 0.280 e. The molecule has 6 nitrogen and oxygen atoms in total. The molecule has 7 heteroatoms. The Morgan fingerprint density at radius 1 is 1.27 bits per heavy atom. The van der Waals surface area contributed by atoms with Gasteiger partial charge in [-0.05, 0) is 54.7 Å². The summed E-state index contributed by atoms with van der Waals surface area (Å²) in [5.74, 6) is 1.61. The molecule has 1 saturated heterocycles. The van der Waals surface area contributed by atoms with Gasteiger partial charge in [-0.3, -0.25) is 0 Å². The van der Waals surface area contributed by atoms with Gasteiger partial charge < -0.3 is 9.84 Å². The Morgan fingerprint density at radius 3 is 2.69 bits per heavy atom. The van der Waals surface area contributed by atoms with Crippen LogP contribution in [0.3, 0.4) is 0 Å². The highest BCUT2D eigenvalue weighted by molar-refractivity contribution is 7.87. The summed E-state index contributed by atoms with van der Waals surface area (Å²) in [7, 11) is -3.54. The van der Waals surface area contributed by atoms with Gasteiger partial charge in [0.05, 0.1) is 18.8 Å². The van der Waals surface area contributed by atoms with Crippen LogP contribution >= 0.6 is 0 Å². The van der Waals surface area contributed by atoms with E-state index in [9.17, 15) is 13.5 Å². The number of nitrogens with one attached hydrogen (secondary N) is 1. The molecule has 1 saturated carbocycles. The number of aliphatic hydroxyl groups excluding tert-OH is 1. The van der Waals surface area contributed by atoms with Gasteiger partial charge in [-0.1, -0.05) is 19.1 Å². The summed E-state index contributed by atoms with van der Waals surface area (Å²) in [4.78, 5) is 0. The summed E-state index contributed by atoms with van der Waals surface area (Å²) in [5, 5.41) is 9.74. The first-order valence-electron chi connectivity index (χ1n) is 9.63. The number of aliphatic hydroxyl groups is 1. The molecule has 2 fully saturated rings. The molecule has 2 heterocycles. The average Bonchev–Trinajstić information content (AvgIpc) is 3.05. The van der Waals surface area contributed by atoms with Crippen LogP contribution in [0.15, 0.2) is 18.2 Å². The van der Waals surface area contributed by atoms with Gasteiger partial charge in [-0.15, -0.1) is 0 Å². The molecule has 1 aromatic rings. The zero-order valence-corrected chi connectivity index (χ0v) is 16.0. The summed E-state index contributed by atoms with van der Waals surface area (Å²) in [6.07, 6.45) is 3.63. The number of hydrogen-bond acceptors (Lipinski definition) is 4. The Morgan fingerprint density at radius 2 is 2.00 bits per heavy atom. The quantitative estimate of drug-likeness (QED) is 0.819. The third-order valence-corrected chi connectivity index (χ3v) is 7.65. The van der Waals surface area contributed by atoms with E-state index in [0.717, 1.165) is 36.1 Å². The van der Waals surface area contributed by atoms with E-state index < -0.39 is 10.2 Å². The molecule has 0 spiro atoms. The second-order valence-electron chi connectivity index (χ2n) is 8.03. The smallest absolute Gasteiger partial charge is 0.280 e. The fourth-order valence-electron chi connectivity index (χ4n) is 4.20. The molecule has 26 heavy (non-hydrogen) atoms. The standard InChI is InChI=1S/C19H28N2O4S/c1-13-4-7-21(8-5-13)26(23,24)20-19(16-11-17(22)12-16)15-2-3-18-14(10-15)6-9-25-18/h2-3,10,13,16-17,19-20,22H,4-9,11-12H2,1H3. The van der Waals surface area contributed by atoms with Gasteiger partial charge in [0.1, 0.15) is 5.75 Å². The fourth-order valence-corrected chi connectivity index (χ4v) is 5.69. The Bertz CT molecular complexity index is 753. The Kier molecular flexibility index (Phi) is 4.98. The minimum absolute atomic E-state index is 0.129. The lowest BCUT2D eigenvalue weighted by Crippen LogP contribution is -2.49. The highest BCUT2D eigenvalue weighted by atomic mass is 32.2. The van der Waals surface area contributed by atoms with Gasteiger partial charge in [-0.25, -0.2) is 0 Å². The van der Waals surface area contributed by atoms with E-state index in [-0.39, 0.29) is 18.1 Å². The zero-order chi connectivity index (χ0) is 18.3. The monoisotopic (exact) mass is 380 g/mol.